The number of allylic oxidation sites excluding steroid dienone is 5. The van der Waals surface area contributed by atoms with Crippen LogP contribution in [0.15, 0.2) is 63.4 Å². The van der Waals surface area contributed by atoms with Crippen molar-refractivity contribution in [1.82, 2.24) is 5.32 Å². The van der Waals surface area contributed by atoms with E-state index in [1.807, 2.05) is 37.3 Å². The molecule has 24 heavy (non-hydrogen) atoms. The summed E-state index contributed by atoms with van der Waals surface area (Å²) in [5, 5.41) is 2.89. The van der Waals surface area contributed by atoms with E-state index in [0.29, 0.717) is 23.6 Å². The van der Waals surface area contributed by atoms with Gasteiger partial charge in [-0.1, -0.05) is 25.2 Å². The second kappa shape index (κ2) is 6.83. The Hall–Kier alpha value is -2.69. The maximum absolute atomic E-state index is 12.6. The highest BCUT2D eigenvalue weighted by molar-refractivity contribution is 6.04. The number of fused-ring (bicyclic) bond motifs is 2. The molecule has 1 aromatic rings. The third kappa shape index (κ3) is 3.45. The second-order valence-electron chi connectivity index (χ2n) is 6.11. The second-order valence-corrected chi connectivity index (χ2v) is 6.11. The predicted octanol–water partition coefficient (Wildman–Crippen LogP) is 2.96. The van der Waals surface area contributed by atoms with Crippen molar-refractivity contribution in [3.8, 4) is 0 Å². The molecule has 2 atom stereocenters. The number of nitrogens with one attached hydrogen (secondary N) is 1. The quantitative estimate of drug-likeness (QED) is 0.925. The lowest BCUT2D eigenvalue weighted by atomic mass is 9.80. The van der Waals surface area contributed by atoms with Gasteiger partial charge in [0.15, 0.2) is 5.78 Å². The highest BCUT2D eigenvalue weighted by Crippen LogP contribution is 2.31. The van der Waals surface area contributed by atoms with Gasteiger partial charge in [0.1, 0.15) is 11.5 Å². The summed E-state index contributed by atoms with van der Waals surface area (Å²) in [4.78, 5) is 28.6. The van der Waals surface area contributed by atoms with Crippen LogP contribution >= 0.6 is 0 Å². The first-order valence-electron chi connectivity index (χ1n) is 8.03. The van der Waals surface area contributed by atoms with Gasteiger partial charge in [-0.3, -0.25) is 14.6 Å². The van der Waals surface area contributed by atoms with Crippen LogP contribution in [0.25, 0.3) is 0 Å². The van der Waals surface area contributed by atoms with Gasteiger partial charge in [-0.2, -0.15) is 0 Å². The smallest absolute Gasteiger partial charge is 0.247 e. The highest BCUT2D eigenvalue weighted by Gasteiger charge is 2.28. The number of carbonyl (C=O) groups excluding carboxylic acids is 2. The first-order valence-corrected chi connectivity index (χ1v) is 8.03. The van der Waals surface area contributed by atoms with Crippen LogP contribution in [-0.4, -0.2) is 17.4 Å². The molecular weight excluding hydrogens is 304 g/mol. The van der Waals surface area contributed by atoms with Gasteiger partial charge in [0.2, 0.25) is 5.91 Å². The summed E-state index contributed by atoms with van der Waals surface area (Å²) in [7, 11) is 0. The third-order valence-corrected chi connectivity index (χ3v) is 4.40. The first-order chi connectivity index (χ1) is 11.5. The molecule has 124 valence electrons. The number of aliphatic imine (C=N–C) groups is 1. The largest absolute Gasteiger partial charge is 0.467 e. The monoisotopic (exact) mass is 324 g/mol. The van der Waals surface area contributed by atoms with Gasteiger partial charge >= 0.3 is 0 Å². The van der Waals surface area contributed by atoms with Gasteiger partial charge in [-0.05, 0) is 36.5 Å². The number of Topliss-reactive ketones (excluding diaryl/α,β-unsaturated/α-hetero) is 1. The molecule has 3 rings (SSSR count). The molecule has 1 amide bonds. The summed E-state index contributed by atoms with van der Waals surface area (Å²) >= 11 is 0. The maximum atomic E-state index is 12.6. The predicted molar refractivity (Wildman–Crippen MR) is 91.2 cm³/mol. The summed E-state index contributed by atoms with van der Waals surface area (Å²) < 4.78 is 5.24. The van der Waals surface area contributed by atoms with E-state index in [4.69, 9.17) is 4.42 Å². The molecule has 0 saturated carbocycles. The zero-order valence-electron chi connectivity index (χ0n) is 13.8. The van der Waals surface area contributed by atoms with E-state index in [9.17, 15) is 9.59 Å². The van der Waals surface area contributed by atoms with E-state index < -0.39 is 0 Å². The Morgan fingerprint density at radius 1 is 1.42 bits per heavy atom. The molecule has 5 heteroatoms. The Labute approximate surface area is 140 Å². The lowest BCUT2D eigenvalue weighted by molar-refractivity contribution is -0.118. The van der Waals surface area contributed by atoms with Crippen LogP contribution in [0.1, 0.15) is 26.0 Å². The topological polar surface area (TPSA) is 71.7 Å². The number of hydrogen-bond donors (Lipinski definition) is 1. The van der Waals surface area contributed by atoms with Gasteiger partial charge in [-0.15, -0.1) is 0 Å². The molecule has 1 aliphatic carbocycles. The molecule has 5 nitrogen and oxygen atoms in total. The molecule has 0 spiro atoms. The third-order valence-electron chi connectivity index (χ3n) is 4.40. The molecular formula is C19H20N2O3. The van der Waals surface area contributed by atoms with Crippen LogP contribution in [0.3, 0.4) is 0 Å². The normalized spacial score (nSPS) is 26.2. The van der Waals surface area contributed by atoms with Crippen LogP contribution in [0.2, 0.25) is 0 Å². The molecule has 2 unspecified atom stereocenters. The van der Waals surface area contributed by atoms with Crippen molar-refractivity contribution < 1.29 is 14.0 Å². The van der Waals surface area contributed by atoms with Crippen molar-refractivity contribution in [3.63, 3.8) is 0 Å². The number of carbonyl (C=O) groups is 2. The molecule has 0 aromatic carbocycles. The van der Waals surface area contributed by atoms with Gasteiger partial charge in [0.05, 0.1) is 12.8 Å². The van der Waals surface area contributed by atoms with Crippen molar-refractivity contribution in [3.05, 3.63) is 59.7 Å². The summed E-state index contributed by atoms with van der Waals surface area (Å²) in [5.74, 6) is 0.621. The minimum Gasteiger partial charge on any atom is -0.467 e. The minimum absolute atomic E-state index is 0.00796. The van der Waals surface area contributed by atoms with Gasteiger partial charge in [0.25, 0.3) is 0 Å². The van der Waals surface area contributed by atoms with E-state index in [2.05, 4.69) is 10.3 Å². The van der Waals surface area contributed by atoms with Crippen molar-refractivity contribution in [1.29, 1.82) is 0 Å². The summed E-state index contributed by atoms with van der Waals surface area (Å²) in [5.41, 5.74) is 2.06. The Morgan fingerprint density at radius 3 is 2.96 bits per heavy atom. The lowest BCUT2D eigenvalue weighted by Gasteiger charge is -2.27. The Kier molecular flexibility index (Phi) is 4.60. The van der Waals surface area contributed by atoms with E-state index >= 15 is 0 Å². The average molecular weight is 324 g/mol. The highest BCUT2D eigenvalue weighted by atomic mass is 16.3. The molecule has 1 aromatic heterocycles. The number of ketones is 1. The fraction of sp³-hybridized carbons (Fsp3) is 0.316. The van der Waals surface area contributed by atoms with Crippen LogP contribution in [0.5, 0.6) is 0 Å². The van der Waals surface area contributed by atoms with Crippen LogP contribution in [0, 0.1) is 11.8 Å². The van der Waals surface area contributed by atoms with Crippen LogP contribution in [0.4, 0.5) is 0 Å². The Morgan fingerprint density at radius 2 is 2.25 bits per heavy atom. The number of rotatable bonds is 4. The minimum atomic E-state index is -0.118. The molecule has 0 saturated heterocycles. The Bertz CT molecular complexity index is 767. The SMILES string of the molecule is CC(=O)C1=CC2CC(=N1)/C=C\C=C(\C(=O)NCc1ccco1)C2C. The molecule has 2 bridgehead atoms. The molecule has 2 aliphatic rings. The van der Waals surface area contributed by atoms with Gasteiger partial charge < -0.3 is 9.73 Å². The summed E-state index contributed by atoms with van der Waals surface area (Å²) in [6.07, 6.45) is 9.74. The number of nitrogens with zero attached hydrogens (tertiary/aromatic N) is 1. The van der Waals surface area contributed by atoms with E-state index in [0.717, 1.165) is 12.1 Å². The lowest BCUT2D eigenvalue weighted by Crippen LogP contribution is -2.31. The van der Waals surface area contributed by atoms with Crippen molar-refractivity contribution in [2.45, 2.75) is 26.8 Å². The zero-order chi connectivity index (χ0) is 17.1. The Balaban J connectivity index is 1.80. The molecule has 2 heterocycles. The average Bonchev–Trinajstić information content (AvgIpc) is 3.08. The van der Waals surface area contributed by atoms with Crippen molar-refractivity contribution in [2.75, 3.05) is 0 Å². The van der Waals surface area contributed by atoms with Gasteiger partial charge in [-0.25, -0.2) is 0 Å². The van der Waals surface area contributed by atoms with E-state index in [1.54, 1.807) is 12.3 Å². The molecule has 0 radical (unpaired) electrons. The molecule has 1 aliphatic heterocycles. The standard InChI is InChI=1S/C19H20N2O3/c1-12-14-9-15(21-18(10-14)13(2)22)5-3-7-17(12)19(23)20-11-16-6-4-8-24-16/h3-8,10,12,14H,9,11H2,1-2H3,(H,20,23)/b5-3-,17-7+. The van der Waals surface area contributed by atoms with Crippen molar-refractivity contribution >= 4 is 17.4 Å². The van der Waals surface area contributed by atoms with Crippen LogP contribution < -0.4 is 5.32 Å². The fourth-order valence-electron chi connectivity index (χ4n) is 2.97. The number of furan rings is 1. The van der Waals surface area contributed by atoms with Gasteiger partial charge in [0, 0.05) is 18.2 Å². The fourth-order valence-corrected chi connectivity index (χ4v) is 2.97. The number of amides is 1. The van der Waals surface area contributed by atoms with E-state index in [1.165, 1.54) is 6.92 Å². The maximum Gasteiger partial charge on any atom is 0.247 e. The number of hydrogen-bond acceptors (Lipinski definition) is 4. The summed E-state index contributed by atoms with van der Waals surface area (Å²) in [6.45, 7) is 3.88. The van der Waals surface area contributed by atoms with E-state index in [-0.39, 0.29) is 23.5 Å². The first kappa shape index (κ1) is 16.2. The summed E-state index contributed by atoms with van der Waals surface area (Å²) in [6, 6.07) is 3.61. The molecule has 1 N–H and O–H groups in total. The zero-order valence-corrected chi connectivity index (χ0v) is 13.8. The molecule has 0 fully saturated rings. The van der Waals surface area contributed by atoms with Crippen molar-refractivity contribution in [2.24, 2.45) is 16.8 Å². The van der Waals surface area contributed by atoms with Crippen LogP contribution in [-0.2, 0) is 16.1 Å².